The largest absolute Gasteiger partial charge is 0.375 e. The third-order valence-corrected chi connectivity index (χ3v) is 4.38. The Morgan fingerprint density at radius 3 is 2.53 bits per heavy atom. The van der Waals surface area contributed by atoms with E-state index in [1.165, 1.54) is 16.2 Å². The maximum absolute atomic E-state index is 12.1. The van der Waals surface area contributed by atoms with E-state index >= 15 is 0 Å². The van der Waals surface area contributed by atoms with Crippen LogP contribution in [-0.2, 0) is 16.1 Å². The van der Waals surface area contributed by atoms with Crippen molar-refractivity contribution in [2.45, 2.75) is 25.8 Å². The molecule has 2 aliphatic rings. The Morgan fingerprint density at radius 1 is 1.35 bits per heavy atom. The van der Waals surface area contributed by atoms with E-state index in [2.05, 4.69) is 4.98 Å². The van der Waals surface area contributed by atoms with Gasteiger partial charge in [-0.05, 0) is 12.8 Å². The molecule has 2 atom stereocenters. The normalized spacial score (nSPS) is 27.9. The number of carbonyl (C=O) groups excluding carboxylic acids is 2. The van der Waals surface area contributed by atoms with Gasteiger partial charge in [0.05, 0.1) is 18.4 Å². The fourth-order valence-corrected chi connectivity index (χ4v) is 3.44. The first-order valence-electron chi connectivity index (χ1n) is 5.72. The van der Waals surface area contributed by atoms with Crippen molar-refractivity contribution in [3.8, 4) is 0 Å². The van der Waals surface area contributed by atoms with Crippen LogP contribution in [0.5, 0.6) is 0 Å². The first-order chi connectivity index (χ1) is 8.16. The Labute approximate surface area is 103 Å². The number of nitrogen functional groups attached to an aromatic ring is 1. The van der Waals surface area contributed by atoms with Crippen LogP contribution < -0.4 is 5.73 Å². The Kier molecular flexibility index (Phi) is 2.39. The van der Waals surface area contributed by atoms with Crippen LogP contribution in [0.2, 0.25) is 0 Å². The molecule has 1 aliphatic heterocycles. The molecule has 1 saturated heterocycles. The van der Waals surface area contributed by atoms with Gasteiger partial charge in [-0.15, -0.1) is 11.3 Å². The van der Waals surface area contributed by atoms with E-state index in [0.29, 0.717) is 11.7 Å². The third kappa shape index (κ3) is 1.63. The standard InChI is InChI=1S/C11H13N3O2S/c12-11-13-4-6(17-11)5-14-9(15)7-2-1-3-8(7)10(14)16/h4,7-8H,1-3,5H2,(H2,12,13). The van der Waals surface area contributed by atoms with E-state index < -0.39 is 0 Å². The van der Waals surface area contributed by atoms with Crippen LogP contribution in [0.15, 0.2) is 6.20 Å². The van der Waals surface area contributed by atoms with E-state index in [4.69, 9.17) is 5.73 Å². The highest BCUT2D eigenvalue weighted by atomic mass is 32.1. The summed E-state index contributed by atoms with van der Waals surface area (Å²) >= 11 is 1.33. The lowest BCUT2D eigenvalue weighted by Gasteiger charge is -2.13. The zero-order valence-electron chi connectivity index (χ0n) is 9.26. The number of likely N-dealkylation sites (tertiary alicyclic amines) is 1. The Hall–Kier alpha value is -1.43. The van der Waals surface area contributed by atoms with Gasteiger partial charge < -0.3 is 5.73 Å². The van der Waals surface area contributed by atoms with Crippen LogP contribution in [0.3, 0.4) is 0 Å². The number of hydrogen-bond donors (Lipinski definition) is 1. The number of fused-ring (bicyclic) bond motifs is 1. The van der Waals surface area contributed by atoms with Gasteiger partial charge in [-0.2, -0.15) is 0 Å². The molecule has 90 valence electrons. The topological polar surface area (TPSA) is 76.3 Å². The molecule has 0 radical (unpaired) electrons. The summed E-state index contributed by atoms with van der Waals surface area (Å²) in [5, 5.41) is 0.472. The van der Waals surface area contributed by atoms with Crippen molar-refractivity contribution in [2.24, 2.45) is 11.8 Å². The summed E-state index contributed by atoms with van der Waals surface area (Å²) in [6.07, 6.45) is 4.34. The van der Waals surface area contributed by atoms with Crippen LogP contribution in [0.4, 0.5) is 5.13 Å². The van der Waals surface area contributed by atoms with Crippen molar-refractivity contribution in [2.75, 3.05) is 5.73 Å². The van der Waals surface area contributed by atoms with E-state index in [9.17, 15) is 9.59 Å². The molecule has 6 heteroatoms. The van der Waals surface area contributed by atoms with Gasteiger partial charge in [-0.25, -0.2) is 4.98 Å². The maximum Gasteiger partial charge on any atom is 0.233 e. The third-order valence-electron chi connectivity index (χ3n) is 3.57. The van der Waals surface area contributed by atoms with Gasteiger partial charge in [0.1, 0.15) is 0 Å². The lowest BCUT2D eigenvalue weighted by molar-refractivity contribution is -0.140. The smallest absolute Gasteiger partial charge is 0.233 e. The first kappa shape index (κ1) is 10.7. The maximum atomic E-state index is 12.1. The molecular formula is C11H13N3O2S. The summed E-state index contributed by atoms with van der Waals surface area (Å²) in [4.78, 5) is 30.3. The van der Waals surface area contributed by atoms with Crippen LogP contribution in [0.1, 0.15) is 24.1 Å². The lowest BCUT2D eigenvalue weighted by Crippen LogP contribution is -2.30. The zero-order chi connectivity index (χ0) is 12.0. The van der Waals surface area contributed by atoms with E-state index in [1.807, 2.05) is 0 Å². The average molecular weight is 251 g/mol. The van der Waals surface area contributed by atoms with Crippen molar-refractivity contribution in [3.05, 3.63) is 11.1 Å². The van der Waals surface area contributed by atoms with Crippen molar-refractivity contribution >= 4 is 28.3 Å². The van der Waals surface area contributed by atoms with Gasteiger partial charge in [0.15, 0.2) is 5.13 Å². The highest BCUT2D eigenvalue weighted by Crippen LogP contribution is 2.40. The number of nitrogens with two attached hydrogens (primary N) is 1. The molecule has 17 heavy (non-hydrogen) atoms. The fraction of sp³-hybridized carbons (Fsp3) is 0.545. The van der Waals surface area contributed by atoms with Crippen molar-refractivity contribution in [3.63, 3.8) is 0 Å². The second-order valence-electron chi connectivity index (χ2n) is 4.57. The van der Waals surface area contributed by atoms with Gasteiger partial charge in [0, 0.05) is 11.1 Å². The summed E-state index contributed by atoms with van der Waals surface area (Å²) in [5.74, 6) is -0.144. The van der Waals surface area contributed by atoms with E-state index in [0.717, 1.165) is 24.1 Å². The second-order valence-corrected chi connectivity index (χ2v) is 5.72. The Balaban J connectivity index is 1.80. The van der Waals surface area contributed by atoms with Gasteiger partial charge in [0.2, 0.25) is 11.8 Å². The molecule has 5 nitrogen and oxygen atoms in total. The summed E-state index contributed by atoms with van der Waals surface area (Å²) in [5.41, 5.74) is 5.53. The molecule has 2 N–H and O–H groups in total. The van der Waals surface area contributed by atoms with Crippen LogP contribution in [0, 0.1) is 11.8 Å². The number of thiazole rings is 1. The Bertz CT molecular complexity index is 463. The minimum absolute atomic E-state index is 0.00975. The summed E-state index contributed by atoms with van der Waals surface area (Å²) < 4.78 is 0. The molecule has 0 aromatic carbocycles. The molecule has 2 heterocycles. The number of rotatable bonds is 2. The molecule has 1 aromatic heterocycles. The SMILES string of the molecule is Nc1ncc(CN2C(=O)C3CCCC3C2=O)s1. The molecule has 2 fully saturated rings. The summed E-state index contributed by atoms with van der Waals surface area (Å²) in [6.45, 7) is 0.333. The van der Waals surface area contributed by atoms with Crippen molar-refractivity contribution in [1.29, 1.82) is 0 Å². The molecule has 1 aliphatic carbocycles. The second kappa shape index (κ2) is 3.80. The lowest BCUT2D eigenvalue weighted by atomic mass is 10.00. The molecule has 0 spiro atoms. The monoisotopic (exact) mass is 251 g/mol. The molecule has 3 rings (SSSR count). The fourth-order valence-electron chi connectivity index (χ4n) is 2.77. The Morgan fingerprint density at radius 2 is 2.00 bits per heavy atom. The van der Waals surface area contributed by atoms with Gasteiger partial charge in [-0.3, -0.25) is 14.5 Å². The number of amides is 2. The quantitative estimate of drug-likeness (QED) is 0.796. The first-order valence-corrected chi connectivity index (χ1v) is 6.54. The molecule has 1 aromatic rings. The minimum Gasteiger partial charge on any atom is -0.375 e. The van der Waals surface area contributed by atoms with E-state index in [1.54, 1.807) is 6.20 Å². The number of nitrogens with zero attached hydrogens (tertiary/aromatic N) is 2. The molecule has 2 unspecified atom stereocenters. The predicted molar refractivity (Wildman–Crippen MR) is 62.9 cm³/mol. The number of hydrogen-bond acceptors (Lipinski definition) is 5. The average Bonchev–Trinajstić information content (AvgIpc) is 2.96. The van der Waals surface area contributed by atoms with Gasteiger partial charge in [-0.1, -0.05) is 6.42 Å². The van der Waals surface area contributed by atoms with Crippen molar-refractivity contribution < 1.29 is 9.59 Å². The van der Waals surface area contributed by atoms with Crippen LogP contribution >= 0.6 is 11.3 Å². The molecular weight excluding hydrogens is 238 g/mol. The highest BCUT2D eigenvalue weighted by Gasteiger charge is 2.49. The minimum atomic E-state index is -0.0623. The number of anilines is 1. The molecule has 1 saturated carbocycles. The van der Waals surface area contributed by atoms with Gasteiger partial charge >= 0.3 is 0 Å². The molecule has 2 amide bonds. The highest BCUT2D eigenvalue weighted by molar-refractivity contribution is 7.15. The van der Waals surface area contributed by atoms with E-state index in [-0.39, 0.29) is 23.7 Å². The van der Waals surface area contributed by atoms with Gasteiger partial charge in [0.25, 0.3) is 0 Å². The number of carbonyl (C=O) groups is 2. The van der Waals surface area contributed by atoms with Crippen LogP contribution in [-0.4, -0.2) is 21.7 Å². The van der Waals surface area contributed by atoms with Crippen molar-refractivity contribution in [1.82, 2.24) is 9.88 Å². The number of imide groups is 1. The summed E-state index contributed by atoms with van der Waals surface area (Å²) in [7, 11) is 0. The molecule has 0 bridgehead atoms. The zero-order valence-corrected chi connectivity index (χ0v) is 10.1. The number of aromatic nitrogens is 1. The summed E-state index contributed by atoms with van der Waals surface area (Å²) in [6, 6.07) is 0. The predicted octanol–water partition coefficient (Wildman–Crippen LogP) is 1.01. The van der Waals surface area contributed by atoms with Crippen LogP contribution in [0.25, 0.3) is 0 Å².